The normalized spacial score (nSPS) is 16.8. The molecule has 1 fully saturated rings. The highest BCUT2D eigenvalue weighted by atomic mass is 19.2. The molecule has 1 aromatic heterocycles. The molecule has 0 radical (unpaired) electrons. The van der Waals surface area contributed by atoms with E-state index in [0.29, 0.717) is 19.0 Å². The minimum atomic E-state index is -1.23. The van der Waals surface area contributed by atoms with Crippen molar-refractivity contribution in [3.8, 4) is 0 Å². The highest BCUT2D eigenvalue weighted by Gasteiger charge is 2.25. The first-order chi connectivity index (χ1) is 9.49. The highest BCUT2D eigenvalue weighted by Crippen LogP contribution is 2.14. The Kier molecular flexibility index (Phi) is 4.65. The fraction of sp³-hybridized carbons (Fsp3) is 0.571. The van der Waals surface area contributed by atoms with E-state index in [1.807, 2.05) is 0 Å². The lowest BCUT2D eigenvalue weighted by Crippen LogP contribution is -2.49. The molecule has 1 aromatic rings. The lowest BCUT2D eigenvalue weighted by atomic mass is 10.1. The molecule has 0 unspecified atom stereocenters. The first kappa shape index (κ1) is 14.8. The van der Waals surface area contributed by atoms with E-state index < -0.39 is 17.7 Å². The second kappa shape index (κ2) is 6.26. The van der Waals surface area contributed by atoms with Crippen molar-refractivity contribution in [1.29, 1.82) is 0 Å². The van der Waals surface area contributed by atoms with Gasteiger partial charge >= 0.3 is 0 Å². The summed E-state index contributed by atoms with van der Waals surface area (Å²) in [6, 6.07) is 1.22. The highest BCUT2D eigenvalue weighted by molar-refractivity contribution is 5.94. The summed E-state index contributed by atoms with van der Waals surface area (Å²) in [5, 5.41) is 0. The second-order valence-electron chi connectivity index (χ2n) is 5.45. The Morgan fingerprint density at radius 3 is 2.55 bits per heavy atom. The van der Waals surface area contributed by atoms with E-state index in [1.165, 1.54) is 6.07 Å². The predicted molar refractivity (Wildman–Crippen MR) is 71.3 cm³/mol. The van der Waals surface area contributed by atoms with Crippen LogP contribution in [0.2, 0.25) is 0 Å². The number of nitrogens with zero attached hydrogens (tertiary/aromatic N) is 3. The van der Waals surface area contributed by atoms with Gasteiger partial charge in [-0.2, -0.15) is 4.39 Å². The number of pyridine rings is 1. The Labute approximate surface area is 117 Å². The lowest BCUT2D eigenvalue weighted by molar-refractivity contribution is 0.0618. The number of amides is 1. The molecule has 2 rings (SSSR count). The number of piperazine rings is 1. The van der Waals surface area contributed by atoms with Crippen LogP contribution in [0.3, 0.4) is 0 Å². The molecule has 0 saturated carbocycles. The number of aromatic nitrogens is 1. The van der Waals surface area contributed by atoms with Crippen molar-refractivity contribution in [3.63, 3.8) is 0 Å². The zero-order valence-electron chi connectivity index (χ0n) is 11.8. The van der Waals surface area contributed by atoms with Gasteiger partial charge in [-0.25, -0.2) is 9.37 Å². The van der Waals surface area contributed by atoms with Crippen LogP contribution in [0.5, 0.6) is 0 Å². The quantitative estimate of drug-likeness (QED) is 0.793. The number of hydrogen-bond donors (Lipinski definition) is 0. The minimum Gasteiger partial charge on any atom is -0.336 e. The zero-order chi connectivity index (χ0) is 14.7. The monoisotopic (exact) mass is 283 g/mol. The molecular weight excluding hydrogens is 264 g/mol. The smallest absolute Gasteiger partial charge is 0.257 e. The number of carbonyl (C=O) groups is 1. The molecule has 2 heterocycles. The fourth-order valence-corrected chi connectivity index (χ4v) is 2.40. The van der Waals surface area contributed by atoms with E-state index in [1.54, 1.807) is 4.90 Å². The van der Waals surface area contributed by atoms with Crippen molar-refractivity contribution in [1.82, 2.24) is 14.8 Å². The van der Waals surface area contributed by atoms with Crippen LogP contribution in [0.1, 0.15) is 24.2 Å². The molecule has 0 spiro atoms. The van der Waals surface area contributed by atoms with Crippen LogP contribution in [0.4, 0.5) is 8.78 Å². The van der Waals surface area contributed by atoms with Crippen molar-refractivity contribution >= 4 is 5.91 Å². The molecule has 6 heteroatoms. The third-order valence-corrected chi connectivity index (χ3v) is 3.36. The molecule has 0 aliphatic carbocycles. The predicted octanol–water partition coefficient (Wildman–Crippen LogP) is 1.77. The summed E-state index contributed by atoms with van der Waals surface area (Å²) in [4.78, 5) is 19.2. The van der Waals surface area contributed by atoms with Crippen LogP contribution < -0.4 is 0 Å². The maximum atomic E-state index is 13.6. The molecule has 110 valence electrons. The van der Waals surface area contributed by atoms with Crippen LogP contribution in [0.25, 0.3) is 0 Å². The largest absolute Gasteiger partial charge is 0.336 e. The Morgan fingerprint density at radius 1 is 1.30 bits per heavy atom. The molecule has 1 aliphatic heterocycles. The van der Waals surface area contributed by atoms with Crippen molar-refractivity contribution in [2.45, 2.75) is 13.8 Å². The van der Waals surface area contributed by atoms with Crippen LogP contribution in [0.15, 0.2) is 12.3 Å². The topological polar surface area (TPSA) is 36.4 Å². The molecular formula is C14H19F2N3O. The molecule has 1 aliphatic rings. The second-order valence-corrected chi connectivity index (χ2v) is 5.45. The number of rotatable bonds is 3. The fourth-order valence-electron chi connectivity index (χ4n) is 2.40. The van der Waals surface area contributed by atoms with Crippen LogP contribution >= 0.6 is 0 Å². The molecule has 0 atom stereocenters. The van der Waals surface area contributed by atoms with Crippen molar-refractivity contribution in [3.05, 3.63) is 29.6 Å². The van der Waals surface area contributed by atoms with Crippen molar-refractivity contribution in [2.24, 2.45) is 5.92 Å². The summed E-state index contributed by atoms with van der Waals surface area (Å²) in [5.41, 5.74) is -0.241. The van der Waals surface area contributed by atoms with Gasteiger partial charge in [0.2, 0.25) is 5.95 Å². The van der Waals surface area contributed by atoms with Gasteiger partial charge < -0.3 is 4.90 Å². The first-order valence-electron chi connectivity index (χ1n) is 6.80. The molecule has 4 nitrogen and oxygen atoms in total. The van der Waals surface area contributed by atoms with Crippen LogP contribution in [-0.2, 0) is 0 Å². The van der Waals surface area contributed by atoms with Gasteiger partial charge in [0.05, 0.1) is 5.56 Å². The van der Waals surface area contributed by atoms with Gasteiger partial charge in [0.15, 0.2) is 5.82 Å². The molecule has 1 saturated heterocycles. The van der Waals surface area contributed by atoms with E-state index >= 15 is 0 Å². The van der Waals surface area contributed by atoms with E-state index in [0.717, 1.165) is 25.8 Å². The third kappa shape index (κ3) is 3.30. The average Bonchev–Trinajstić information content (AvgIpc) is 2.41. The maximum Gasteiger partial charge on any atom is 0.257 e. The van der Waals surface area contributed by atoms with E-state index in [-0.39, 0.29) is 5.56 Å². The Balaban J connectivity index is 2.00. The molecule has 1 amide bonds. The standard InChI is InChI=1S/C14H19F2N3O/c1-10(2)9-18-5-7-19(8-6-18)14(20)11-3-4-17-13(16)12(11)15/h3-4,10H,5-9H2,1-2H3. The van der Waals surface area contributed by atoms with Crippen molar-refractivity contribution in [2.75, 3.05) is 32.7 Å². The summed E-state index contributed by atoms with van der Waals surface area (Å²) in [6.45, 7) is 7.88. The molecule has 0 aromatic carbocycles. The van der Waals surface area contributed by atoms with Gasteiger partial charge in [-0.3, -0.25) is 9.69 Å². The summed E-state index contributed by atoms with van der Waals surface area (Å²) in [5.74, 6) is -2.28. The van der Waals surface area contributed by atoms with E-state index in [9.17, 15) is 13.6 Å². The summed E-state index contributed by atoms with van der Waals surface area (Å²) >= 11 is 0. The number of carbonyl (C=O) groups excluding carboxylic acids is 1. The number of halogens is 2. The SMILES string of the molecule is CC(C)CN1CCN(C(=O)c2ccnc(F)c2F)CC1. The molecule has 0 N–H and O–H groups in total. The summed E-state index contributed by atoms with van der Waals surface area (Å²) < 4.78 is 26.6. The molecule has 0 bridgehead atoms. The van der Waals surface area contributed by atoms with Crippen LogP contribution in [-0.4, -0.2) is 53.4 Å². The first-order valence-corrected chi connectivity index (χ1v) is 6.80. The van der Waals surface area contributed by atoms with Gasteiger partial charge in [-0.1, -0.05) is 13.8 Å². The van der Waals surface area contributed by atoms with Crippen LogP contribution in [0, 0.1) is 17.7 Å². The minimum absolute atomic E-state index is 0.241. The average molecular weight is 283 g/mol. The summed E-state index contributed by atoms with van der Waals surface area (Å²) in [6.07, 6.45) is 1.11. The zero-order valence-corrected chi connectivity index (χ0v) is 11.8. The van der Waals surface area contributed by atoms with E-state index in [4.69, 9.17) is 0 Å². The lowest BCUT2D eigenvalue weighted by Gasteiger charge is -2.35. The Hall–Kier alpha value is -1.56. The molecule has 20 heavy (non-hydrogen) atoms. The van der Waals surface area contributed by atoms with Gasteiger partial charge in [0.1, 0.15) is 0 Å². The summed E-state index contributed by atoms with van der Waals surface area (Å²) in [7, 11) is 0. The van der Waals surface area contributed by atoms with Gasteiger partial charge in [-0.15, -0.1) is 0 Å². The number of hydrogen-bond acceptors (Lipinski definition) is 3. The Bertz CT molecular complexity index is 485. The van der Waals surface area contributed by atoms with Gasteiger partial charge in [0.25, 0.3) is 5.91 Å². The maximum absolute atomic E-state index is 13.6. The van der Waals surface area contributed by atoms with Crippen molar-refractivity contribution < 1.29 is 13.6 Å². The van der Waals surface area contributed by atoms with E-state index in [2.05, 4.69) is 23.7 Å². The Morgan fingerprint density at radius 2 is 1.95 bits per heavy atom. The van der Waals surface area contributed by atoms with Gasteiger partial charge in [0, 0.05) is 38.9 Å². The van der Waals surface area contributed by atoms with Gasteiger partial charge in [-0.05, 0) is 12.0 Å². The third-order valence-electron chi connectivity index (χ3n) is 3.36.